The van der Waals surface area contributed by atoms with E-state index in [2.05, 4.69) is 39.7 Å². The minimum atomic E-state index is 0. The number of fused-ring (bicyclic) bond motifs is 1. The van der Waals surface area contributed by atoms with Crippen LogP contribution in [0.2, 0.25) is 0 Å². The number of benzene rings is 1. The normalized spacial score (nSPS) is 10.7. The van der Waals surface area contributed by atoms with Gasteiger partial charge in [-0.05, 0) is 24.4 Å². The lowest BCUT2D eigenvalue weighted by Gasteiger charge is -2.06. The average Bonchev–Trinajstić information content (AvgIpc) is 2.99. The molecule has 118 valence electrons. The fourth-order valence-corrected chi connectivity index (χ4v) is 2.69. The van der Waals surface area contributed by atoms with Crippen LogP contribution in [-0.2, 0) is 20.1 Å². The first-order chi connectivity index (χ1) is 10.2. The van der Waals surface area contributed by atoms with Gasteiger partial charge in [-0.15, -0.1) is 12.4 Å². The van der Waals surface area contributed by atoms with Gasteiger partial charge in [0, 0.05) is 31.3 Å². The number of halogens is 1. The summed E-state index contributed by atoms with van der Waals surface area (Å²) in [6, 6.07) is 10.5. The summed E-state index contributed by atoms with van der Waals surface area (Å²) in [4.78, 5) is 3.42. The van der Waals surface area contributed by atoms with E-state index in [1.165, 1.54) is 16.6 Å². The molecule has 0 radical (unpaired) electrons. The molecule has 6 heteroatoms. The first-order valence-electron chi connectivity index (χ1n) is 7.03. The Morgan fingerprint density at radius 3 is 2.77 bits per heavy atom. The van der Waals surface area contributed by atoms with E-state index in [-0.39, 0.29) is 12.4 Å². The largest absolute Gasteiger partial charge is 0.481 e. The topological polar surface area (TPSA) is 54.9 Å². The van der Waals surface area contributed by atoms with Crippen molar-refractivity contribution in [3.05, 3.63) is 47.3 Å². The number of hydrogen-bond acceptors (Lipinski definition) is 3. The second-order valence-corrected chi connectivity index (χ2v) is 5.18. The van der Waals surface area contributed by atoms with E-state index in [9.17, 15) is 0 Å². The van der Waals surface area contributed by atoms with Crippen molar-refractivity contribution in [2.24, 2.45) is 7.05 Å². The van der Waals surface area contributed by atoms with Gasteiger partial charge in [0.2, 0.25) is 5.88 Å². The summed E-state index contributed by atoms with van der Waals surface area (Å²) >= 11 is 0. The lowest BCUT2D eigenvalue weighted by atomic mass is 10.2. The average molecular weight is 321 g/mol. The first-order valence-corrected chi connectivity index (χ1v) is 7.03. The fraction of sp³-hybridized carbons (Fsp3) is 0.312. The molecule has 3 aromatic rings. The lowest BCUT2D eigenvalue weighted by molar-refractivity contribution is 0.368. The Morgan fingerprint density at radius 2 is 2.05 bits per heavy atom. The third-order valence-corrected chi connectivity index (χ3v) is 3.69. The molecule has 1 aromatic carbocycles. The van der Waals surface area contributed by atoms with Gasteiger partial charge in [0.05, 0.1) is 18.4 Å². The SMILES string of the molecule is COc1c(CNCc2cc3ccccc3[nH]2)c(C)nn1C.Cl. The summed E-state index contributed by atoms with van der Waals surface area (Å²) < 4.78 is 7.17. The minimum absolute atomic E-state index is 0. The maximum absolute atomic E-state index is 5.40. The van der Waals surface area contributed by atoms with Crippen molar-refractivity contribution in [3.63, 3.8) is 0 Å². The molecular weight excluding hydrogens is 300 g/mol. The predicted molar refractivity (Wildman–Crippen MR) is 90.6 cm³/mol. The summed E-state index contributed by atoms with van der Waals surface area (Å²) in [5.74, 6) is 0.816. The van der Waals surface area contributed by atoms with Gasteiger partial charge in [-0.1, -0.05) is 18.2 Å². The Hall–Kier alpha value is -1.98. The molecule has 0 spiro atoms. The van der Waals surface area contributed by atoms with Crippen molar-refractivity contribution in [3.8, 4) is 5.88 Å². The number of methoxy groups -OCH3 is 1. The maximum atomic E-state index is 5.40. The molecule has 2 heterocycles. The molecule has 0 aliphatic rings. The zero-order valence-electron chi connectivity index (χ0n) is 13.0. The van der Waals surface area contributed by atoms with E-state index in [0.29, 0.717) is 0 Å². The van der Waals surface area contributed by atoms with Gasteiger partial charge in [-0.3, -0.25) is 0 Å². The Bertz CT molecular complexity index is 730. The number of H-pyrrole nitrogens is 1. The number of nitrogens with zero attached hydrogens (tertiary/aromatic N) is 2. The second kappa shape index (κ2) is 6.85. The molecule has 5 nitrogen and oxygen atoms in total. The number of aromatic amines is 1. The van der Waals surface area contributed by atoms with Gasteiger partial charge in [-0.25, -0.2) is 4.68 Å². The van der Waals surface area contributed by atoms with Crippen LogP contribution < -0.4 is 10.1 Å². The fourth-order valence-electron chi connectivity index (χ4n) is 2.69. The molecule has 0 aliphatic heterocycles. The van der Waals surface area contributed by atoms with Gasteiger partial charge in [0.15, 0.2) is 0 Å². The van der Waals surface area contributed by atoms with Crippen LogP contribution in [0.15, 0.2) is 30.3 Å². The molecule has 0 fully saturated rings. The van der Waals surface area contributed by atoms with Gasteiger partial charge in [0.1, 0.15) is 0 Å². The van der Waals surface area contributed by atoms with Crippen LogP contribution >= 0.6 is 12.4 Å². The highest BCUT2D eigenvalue weighted by molar-refractivity contribution is 5.85. The van der Waals surface area contributed by atoms with Crippen molar-refractivity contribution >= 4 is 23.3 Å². The molecule has 0 bridgehead atoms. The van der Waals surface area contributed by atoms with E-state index in [4.69, 9.17) is 4.74 Å². The van der Waals surface area contributed by atoms with Crippen LogP contribution in [0.5, 0.6) is 5.88 Å². The Kier molecular flexibility index (Phi) is 5.11. The molecule has 0 saturated heterocycles. The summed E-state index contributed by atoms with van der Waals surface area (Å²) in [5.41, 5.74) is 4.45. The van der Waals surface area contributed by atoms with Crippen LogP contribution in [0.3, 0.4) is 0 Å². The van der Waals surface area contributed by atoms with Gasteiger partial charge in [-0.2, -0.15) is 5.10 Å². The van der Waals surface area contributed by atoms with E-state index in [1.54, 1.807) is 11.8 Å². The summed E-state index contributed by atoms with van der Waals surface area (Å²) in [5, 5.41) is 9.07. The van der Waals surface area contributed by atoms with Gasteiger partial charge >= 0.3 is 0 Å². The monoisotopic (exact) mass is 320 g/mol. The molecule has 0 amide bonds. The summed E-state index contributed by atoms with van der Waals surface area (Å²) in [7, 11) is 3.57. The molecule has 0 atom stereocenters. The number of aromatic nitrogens is 3. The third-order valence-electron chi connectivity index (χ3n) is 3.69. The molecule has 0 unspecified atom stereocenters. The van der Waals surface area contributed by atoms with E-state index < -0.39 is 0 Å². The van der Waals surface area contributed by atoms with Crippen molar-refractivity contribution < 1.29 is 4.74 Å². The van der Waals surface area contributed by atoms with Crippen LogP contribution in [-0.4, -0.2) is 21.9 Å². The summed E-state index contributed by atoms with van der Waals surface area (Å²) in [6.45, 7) is 3.52. The number of ether oxygens (including phenoxy) is 1. The molecule has 3 rings (SSSR count). The molecule has 22 heavy (non-hydrogen) atoms. The van der Waals surface area contributed by atoms with E-state index in [1.807, 2.05) is 20.0 Å². The smallest absolute Gasteiger partial charge is 0.216 e. The predicted octanol–water partition coefficient (Wildman–Crippen LogP) is 2.93. The minimum Gasteiger partial charge on any atom is -0.481 e. The van der Waals surface area contributed by atoms with Crippen molar-refractivity contribution in [2.75, 3.05) is 7.11 Å². The number of aryl methyl sites for hydroxylation is 2. The summed E-state index contributed by atoms with van der Waals surface area (Å²) in [6.07, 6.45) is 0. The molecule has 0 saturated carbocycles. The zero-order chi connectivity index (χ0) is 14.8. The number of hydrogen-bond donors (Lipinski definition) is 2. The Balaban J connectivity index is 0.00000176. The van der Waals surface area contributed by atoms with Crippen molar-refractivity contribution in [1.29, 1.82) is 0 Å². The maximum Gasteiger partial charge on any atom is 0.216 e. The lowest BCUT2D eigenvalue weighted by Crippen LogP contribution is -2.14. The van der Waals surface area contributed by atoms with Crippen LogP contribution in [0.4, 0.5) is 0 Å². The number of nitrogens with one attached hydrogen (secondary N) is 2. The van der Waals surface area contributed by atoms with Crippen LogP contribution in [0.25, 0.3) is 10.9 Å². The van der Waals surface area contributed by atoms with E-state index >= 15 is 0 Å². The quantitative estimate of drug-likeness (QED) is 0.760. The van der Waals surface area contributed by atoms with Gasteiger partial charge < -0.3 is 15.0 Å². The number of rotatable bonds is 5. The second-order valence-electron chi connectivity index (χ2n) is 5.18. The first kappa shape index (κ1) is 16.4. The molecule has 2 aromatic heterocycles. The third kappa shape index (κ3) is 3.10. The zero-order valence-corrected chi connectivity index (χ0v) is 13.8. The van der Waals surface area contributed by atoms with Crippen molar-refractivity contribution in [2.45, 2.75) is 20.0 Å². The van der Waals surface area contributed by atoms with Crippen LogP contribution in [0.1, 0.15) is 17.0 Å². The standard InChI is InChI=1S/C16H20N4O.ClH/c1-11-14(16(21-3)20(2)19-11)10-17-9-13-8-12-6-4-5-7-15(12)18-13;/h4-8,17-18H,9-10H2,1-3H3;1H. The molecule has 2 N–H and O–H groups in total. The van der Waals surface area contributed by atoms with Crippen LogP contribution in [0, 0.1) is 6.92 Å². The highest BCUT2D eigenvalue weighted by Gasteiger charge is 2.13. The number of para-hydroxylation sites is 1. The Labute approximate surface area is 136 Å². The highest BCUT2D eigenvalue weighted by atomic mass is 35.5. The van der Waals surface area contributed by atoms with E-state index in [0.717, 1.165) is 30.2 Å². The molecule has 0 aliphatic carbocycles. The molecular formula is C16H21ClN4O. The van der Waals surface area contributed by atoms with Gasteiger partial charge in [0.25, 0.3) is 0 Å². The highest BCUT2D eigenvalue weighted by Crippen LogP contribution is 2.21. The Morgan fingerprint density at radius 1 is 1.27 bits per heavy atom. The van der Waals surface area contributed by atoms with Crippen molar-refractivity contribution in [1.82, 2.24) is 20.1 Å².